The number of methoxy groups -OCH3 is 1. The first-order valence-electron chi connectivity index (χ1n) is 5.94. The van der Waals surface area contributed by atoms with Crippen LogP contribution in [-0.4, -0.2) is 37.0 Å². The molecule has 0 aromatic heterocycles. The van der Waals surface area contributed by atoms with Crippen LogP contribution in [0.4, 0.5) is 0 Å². The van der Waals surface area contributed by atoms with Gasteiger partial charge in [-0.3, -0.25) is 4.79 Å². The van der Waals surface area contributed by atoms with Crippen LogP contribution >= 0.6 is 0 Å². The summed E-state index contributed by atoms with van der Waals surface area (Å²) in [6.07, 6.45) is -0.568. The number of hydrogen-bond acceptors (Lipinski definition) is 5. The van der Waals surface area contributed by atoms with Crippen LogP contribution < -0.4 is 0 Å². The van der Waals surface area contributed by atoms with Crippen molar-refractivity contribution in [2.75, 3.05) is 7.11 Å². The van der Waals surface area contributed by atoms with E-state index in [1.807, 2.05) is 30.3 Å². The minimum absolute atomic E-state index is 0.0545. The molecule has 0 fully saturated rings. The van der Waals surface area contributed by atoms with Crippen LogP contribution in [0.5, 0.6) is 0 Å². The van der Waals surface area contributed by atoms with E-state index in [9.17, 15) is 9.90 Å². The molecular weight excluding hydrogens is 248 g/mol. The fourth-order valence-electron chi connectivity index (χ4n) is 1.86. The zero-order chi connectivity index (χ0) is 13.7. The summed E-state index contributed by atoms with van der Waals surface area (Å²) in [4.78, 5) is 10.7. The molecule has 1 aromatic carbocycles. The largest absolute Gasteiger partial charge is 0.459 e. The third kappa shape index (κ3) is 3.41. The molecule has 0 radical (unpaired) electrons. The molecule has 1 N–H and O–H groups in total. The quantitative estimate of drug-likeness (QED) is 0.804. The van der Waals surface area contributed by atoms with E-state index in [-0.39, 0.29) is 5.76 Å². The second-order valence-electron chi connectivity index (χ2n) is 4.16. The number of ether oxygens (including phenoxy) is 3. The highest BCUT2D eigenvalue weighted by Gasteiger charge is 2.35. The Balaban J connectivity index is 2.02. The van der Waals surface area contributed by atoms with Crippen molar-refractivity contribution in [1.82, 2.24) is 0 Å². The van der Waals surface area contributed by atoms with E-state index in [2.05, 4.69) is 0 Å². The van der Waals surface area contributed by atoms with Gasteiger partial charge in [-0.1, -0.05) is 30.3 Å². The topological polar surface area (TPSA) is 65.0 Å². The predicted octanol–water partition coefficient (Wildman–Crippen LogP) is 1.02. The van der Waals surface area contributed by atoms with Gasteiger partial charge in [0.2, 0.25) is 6.29 Å². The van der Waals surface area contributed by atoms with Crippen LogP contribution in [0.1, 0.15) is 5.56 Å². The van der Waals surface area contributed by atoms with Gasteiger partial charge < -0.3 is 19.3 Å². The van der Waals surface area contributed by atoms with Crippen LogP contribution in [0.15, 0.2) is 42.2 Å². The average molecular weight is 264 g/mol. The number of carbonyl (C=O) groups is 1. The summed E-state index contributed by atoms with van der Waals surface area (Å²) in [7, 11) is 1.43. The molecule has 2 rings (SSSR count). The number of rotatable bonds is 5. The van der Waals surface area contributed by atoms with Gasteiger partial charge in [0, 0.05) is 7.11 Å². The molecule has 0 bridgehead atoms. The van der Waals surface area contributed by atoms with Crippen molar-refractivity contribution in [3.8, 4) is 0 Å². The first-order chi connectivity index (χ1) is 9.24. The van der Waals surface area contributed by atoms with Gasteiger partial charge in [-0.05, 0) is 11.6 Å². The van der Waals surface area contributed by atoms with E-state index < -0.39 is 18.5 Å². The summed E-state index contributed by atoms with van der Waals surface area (Å²) < 4.78 is 15.9. The Morgan fingerprint density at radius 1 is 1.37 bits per heavy atom. The molecule has 1 aromatic rings. The van der Waals surface area contributed by atoms with Gasteiger partial charge in [0.1, 0.15) is 12.2 Å². The Kier molecular flexibility index (Phi) is 4.68. The average Bonchev–Trinajstić information content (AvgIpc) is 2.46. The summed E-state index contributed by atoms with van der Waals surface area (Å²) in [6, 6.07) is 9.57. The molecular formula is C14H16O5. The lowest BCUT2D eigenvalue weighted by atomic mass is 10.1. The van der Waals surface area contributed by atoms with Crippen LogP contribution in [0, 0.1) is 0 Å². The second-order valence-corrected chi connectivity index (χ2v) is 4.16. The van der Waals surface area contributed by atoms with Gasteiger partial charge in [0.15, 0.2) is 12.0 Å². The zero-order valence-corrected chi connectivity index (χ0v) is 10.6. The highest BCUT2D eigenvalue weighted by Crippen LogP contribution is 2.21. The van der Waals surface area contributed by atoms with E-state index in [0.717, 1.165) is 5.56 Å². The summed E-state index contributed by atoms with van der Waals surface area (Å²) in [6.45, 7) is 0.329. The number of aliphatic hydroxyl groups is 1. The van der Waals surface area contributed by atoms with Crippen molar-refractivity contribution in [3.05, 3.63) is 47.7 Å². The molecule has 102 valence electrons. The third-order valence-electron chi connectivity index (χ3n) is 2.83. The number of hydrogen-bond donors (Lipinski definition) is 1. The molecule has 0 aliphatic carbocycles. The maximum atomic E-state index is 10.7. The Labute approximate surface area is 111 Å². The molecule has 0 unspecified atom stereocenters. The smallest absolute Gasteiger partial charge is 0.229 e. The van der Waals surface area contributed by atoms with E-state index >= 15 is 0 Å². The van der Waals surface area contributed by atoms with Crippen molar-refractivity contribution in [1.29, 1.82) is 0 Å². The van der Waals surface area contributed by atoms with Crippen LogP contribution in [0.2, 0.25) is 0 Å². The standard InChI is InChI=1S/C14H16O5/c1-17-14-13(12(16)7-11(8-15)19-14)18-9-10-5-3-2-4-6-10/h2-8,12-14,16H,9H2,1H3/t12-,13+,14+/m0/s1. The minimum Gasteiger partial charge on any atom is -0.459 e. The minimum atomic E-state index is -0.942. The predicted molar refractivity (Wildman–Crippen MR) is 67.1 cm³/mol. The van der Waals surface area contributed by atoms with Crippen molar-refractivity contribution in [3.63, 3.8) is 0 Å². The summed E-state index contributed by atoms with van der Waals surface area (Å²) in [5.41, 5.74) is 0.981. The zero-order valence-electron chi connectivity index (χ0n) is 10.6. The Bertz CT molecular complexity index is 442. The number of allylic oxidation sites excluding steroid dienone is 1. The van der Waals surface area contributed by atoms with Gasteiger partial charge >= 0.3 is 0 Å². The van der Waals surface area contributed by atoms with Crippen molar-refractivity contribution >= 4 is 6.29 Å². The van der Waals surface area contributed by atoms with Crippen LogP contribution in [0.3, 0.4) is 0 Å². The van der Waals surface area contributed by atoms with Gasteiger partial charge in [-0.2, -0.15) is 0 Å². The monoisotopic (exact) mass is 264 g/mol. The second kappa shape index (κ2) is 6.47. The third-order valence-corrected chi connectivity index (χ3v) is 2.83. The Hall–Kier alpha value is -1.69. The molecule has 1 aliphatic rings. The molecule has 5 nitrogen and oxygen atoms in total. The van der Waals surface area contributed by atoms with E-state index in [1.165, 1.54) is 13.2 Å². The molecule has 1 aliphatic heterocycles. The fraction of sp³-hybridized carbons (Fsp3) is 0.357. The maximum absolute atomic E-state index is 10.7. The molecule has 1 heterocycles. The van der Waals surface area contributed by atoms with Crippen molar-refractivity contribution in [2.24, 2.45) is 0 Å². The van der Waals surface area contributed by atoms with Gasteiger partial charge in [-0.25, -0.2) is 0 Å². The number of benzene rings is 1. The van der Waals surface area contributed by atoms with E-state index in [4.69, 9.17) is 14.2 Å². The van der Waals surface area contributed by atoms with Crippen molar-refractivity contribution in [2.45, 2.75) is 25.1 Å². The number of aldehydes is 1. The summed E-state index contributed by atoms with van der Waals surface area (Å²) in [5.74, 6) is 0.0545. The molecule has 0 spiro atoms. The first-order valence-corrected chi connectivity index (χ1v) is 5.94. The lowest BCUT2D eigenvalue weighted by Gasteiger charge is -2.32. The van der Waals surface area contributed by atoms with Crippen molar-refractivity contribution < 1.29 is 24.1 Å². The first kappa shape index (κ1) is 13.7. The van der Waals surface area contributed by atoms with Crippen LogP contribution in [-0.2, 0) is 25.6 Å². The highest BCUT2D eigenvalue weighted by molar-refractivity contribution is 5.70. The lowest BCUT2D eigenvalue weighted by Crippen LogP contribution is -2.44. The van der Waals surface area contributed by atoms with Gasteiger partial charge in [0.25, 0.3) is 0 Å². The Morgan fingerprint density at radius 3 is 2.74 bits per heavy atom. The lowest BCUT2D eigenvalue weighted by molar-refractivity contribution is -0.210. The molecule has 0 saturated heterocycles. The van der Waals surface area contributed by atoms with Gasteiger partial charge in [-0.15, -0.1) is 0 Å². The van der Waals surface area contributed by atoms with Crippen LogP contribution in [0.25, 0.3) is 0 Å². The number of aliphatic hydroxyl groups excluding tert-OH is 1. The molecule has 0 amide bonds. The van der Waals surface area contributed by atoms with E-state index in [1.54, 1.807) is 0 Å². The maximum Gasteiger partial charge on any atom is 0.229 e. The Morgan fingerprint density at radius 2 is 2.11 bits per heavy atom. The van der Waals surface area contributed by atoms with Gasteiger partial charge in [0.05, 0.1) is 6.61 Å². The summed E-state index contributed by atoms with van der Waals surface area (Å²) >= 11 is 0. The molecule has 5 heteroatoms. The highest BCUT2D eigenvalue weighted by atomic mass is 16.7. The molecule has 3 atom stereocenters. The fourth-order valence-corrected chi connectivity index (χ4v) is 1.86. The number of carbonyl (C=O) groups excluding carboxylic acids is 1. The molecule has 19 heavy (non-hydrogen) atoms. The SMILES string of the molecule is CO[C@@H]1OC(C=O)=C[C@H](O)[C@H]1OCc1ccccc1. The molecule has 0 saturated carbocycles. The normalized spacial score (nSPS) is 26.4. The summed E-state index contributed by atoms with van der Waals surface area (Å²) in [5, 5.41) is 9.93. The van der Waals surface area contributed by atoms with E-state index in [0.29, 0.717) is 12.9 Å².